The third-order valence-corrected chi connectivity index (χ3v) is 5.08. The van der Waals surface area contributed by atoms with Crippen molar-refractivity contribution in [3.63, 3.8) is 0 Å². The second-order valence-electron chi connectivity index (χ2n) is 5.85. The summed E-state index contributed by atoms with van der Waals surface area (Å²) in [5, 5.41) is 4.78. The molecule has 0 saturated heterocycles. The Labute approximate surface area is 104 Å². The van der Waals surface area contributed by atoms with E-state index in [1.54, 1.807) is 0 Å². The molecule has 0 atom stereocenters. The van der Waals surface area contributed by atoms with Crippen LogP contribution in [-0.2, 0) is 0 Å². The molecular weight excluding hydrogens is 216 g/mol. The van der Waals surface area contributed by atoms with Crippen LogP contribution in [0.25, 0.3) is 0 Å². The normalized spacial score (nSPS) is 24.6. The zero-order valence-electron chi connectivity index (χ0n) is 10.8. The van der Waals surface area contributed by atoms with Crippen LogP contribution in [0.15, 0.2) is 4.99 Å². The van der Waals surface area contributed by atoms with Crippen molar-refractivity contribution in [1.82, 2.24) is 5.32 Å². The van der Waals surface area contributed by atoms with Gasteiger partial charge in [0.2, 0.25) is 0 Å². The summed E-state index contributed by atoms with van der Waals surface area (Å²) >= 11 is 1.93. The summed E-state index contributed by atoms with van der Waals surface area (Å²) in [5.74, 6) is 1.20. The molecule has 0 aromatic carbocycles. The van der Waals surface area contributed by atoms with Crippen LogP contribution >= 0.6 is 11.8 Å². The van der Waals surface area contributed by atoms with Crippen molar-refractivity contribution in [1.29, 1.82) is 0 Å². The first-order chi connectivity index (χ1) is 7.55. The van der Waals surface area contributed by atoms with Crippen LogP contribution in [0.2, 0.25) is 0 Å². The SMILES string of the molecule is CCC(C)(C)NC1=NC2(CCCCC2)CS1. The van der Waals surface area contributed by atoms with Crippen LogP contribution in [0, 0.1) is 0 Å². The Kier molecular flexibility index (Phi) is 3.53. The van der Waals surface area contributed by atoms with Crippen molar-refractivity contribution in [2.75, 3.05) is 5.75 Å². The maximum absolute atomic E-state index is 4.98. The lowest BCUT2D eigenvalue weighted by Gasteiger charge is -2.29. The van der Waals surface area contributed by atoms with Gasteiger partial charge in [-0.2, -0.15) is 0 Å². The fourth-order valence-corrected chi connectivity index (χ4v) is 3.76. The maximum atomic E-state index is 4.98. The summed E-state index contributed by atoms with van der Waals surface area (Å²) < 4.78 is 0. The predicted molar refractivity (Wildman–Crippen MR) is 73.2 cm³/mol. The van der Waals surface area contributed by atoms with Crippen molar-refractivity contribution in [2.24, 2.45) is 4.99 Å². The van der Waals surface area contributed by atoms with E-state index in [1.165, 1.54) is 43.0 Å². The van der Waals surface area contributed by atoms with E-state index < -0.39 is 0 Å². The van der Waals surface area contributed by atoms with Gasteiger partial charge in [0.1, 0.15) is 0 Å². The van der Waals surface area contributed by atoms with Crippen LogP contribution < -0.4 is 5.32 Å². The molecule has 1 N–H and O–H groups in total. The molecule has 0 radical (unpaired) electrons. The number of nitrogens with one attached hydrogen (secondary N) is 1. The van der Waals surface area contributed by atoms with Crippen LogP contribution in [0.3, 0.4) is 0 Å². The zero-order valence-corrected chi connectivity index (χ0v) is 11.6. The predicted octanol–water partition coefficient (Wildman–Crippen LogP) is 3.57. The Morgan fingerprint density at radius 2 is 2.00 bits per heavy atom. The second kappa shape index (κ2) is 4.59. The summed E-state index contributed by atoms with van der Waals surface area (Å²) in [7, 11) is 0. The van der Waals surface area contributed by atoms with Gasteiger partial charge in [0.15, 0.2) is 5.17 Å². The van der Waals surface area contributed by atoms with Crippen LogP contribution in [0.1, 0.15) is 59.3 Å². The number of rotatable bonds is 2. The summed E-state index contributed by atoms with van der Waals surface area (Å²) in [6.07, 6.45) is 7.89. The minimum atomic E-state index is 0.187. The largest absolute Gasteiger partial charge is 0.360 e. The molecule has 3 heteroatoms. The topological polar surface area (TPSA) is 24.4 Å². The minimum Gasteiger partial charge on any atom is -0.360 e. The van der Waals surface area contributed by atoms with Gasteiger partial charge in [0.25, 0.3) is 0 Å². The van der Waals surface area contributed by atoms with Gasteiger partial charge in [-0.25, -0.2) is 0 Å². The molecule has 0 amide bonds. The van der Waals surface area contributed by atoms with Gasteiger partial charge in [-0.15, -0.1) is 0 Å². The Bertz CT molecular complexity index is 278. The number of aliphatic imine (C=N–C) groups is 1. The monoisotopic (exact) mass is 240 g/mol. The first-order valence-electron chi connectivity index (χ1n) is 6.56. The molecule has 0 unspecified atom stereocenters. The third kappa shape index (κ3) is 2.73. The van der Waals surface area contributed by atoms with Gasteiger partial charge >= 0.3 is 0 Å². The van der Waals surface area contributed by atoms with Crippen molar-refractivity contribution < 1.29 is 0 Å². The van der Waals surface area contributed by atoms with Crippen LogP contribution in [0.5, 0.6) is 0 Å². The Balaban J connectivity index is 2.00. The lowest BCUT2D eigenvalue weighted by molar-refractivity contribution is 0.333. The first-order valence-corrected chi connectivity index (χ1v) is 7.55. The quantitative estimate of drug-likeness (QED) is 0.798. The van der Waals surface area contributed by atoms with E-state index in [9.17, 15) is 0 Å². The standard InChI is InChI=1S/C13H24N2S/c1-4-12(2,3)14-11-15-13(10-16-11)8-6-5-7-9-13/h4-10H2,1-3H3,(H,14,15). The van der Waals surface area contributed by atoms with E-state index in [0.29, 0.717) is 5.54 Å². The van der Waals surface area contributed by atoms with Crippen LogP contribution in [-0.4, -0.2) is 22.0 Å². The second-order valence-corrected chi connectivity index (χ2v) is 6.82. The van der Waals surface area contributed by atoms with Gasteiger partial charge < -0.3 is 5.32 Å². The average molecular weight is 240 g/mol. The highest BCUT2D eigenvalue weighted by Gasteiger charge is 2.37. The molecule has 1 fully saturated rings. The fraction of sp³-hybridized carbons (Fsp3) is 0.923. The molecule has 0 aromatic heterocycles. The van der Waals surface area contributed by atoms with E-state index in [-0.39, 0.29) is 5.54 Å². The fourth-order valence-electron chi connectivity index (χ4n) is 2.39. The Morgan fingerprint density at radius 3 is 2.62 bits per heavy atom. The summed E-state index contributed by atoms with van der Waals surface area (Å²) in [6.45, 7) is 6.73. The number of nitrogens with zero attached hydrogens (tertiary/aromatic N) is 1. The molecule has 1 aliphatic heterocycles. The summed E-state index contributed by atoms with van der Waals surface area (Å²) in [5.41, 5.74) is 0.487. The molecule has 1 spiro atoms. The number of amidine groups is 1. The summed E-state index contributed by atoms with van der Waals surface area (Å²) in [4.78, 5) is 4.98. The minimum absolute atomic E-state index is 0.187. The smallest absolute Gasteiger partial charge is 0.157 e. The average Bonchev–Trinajstić information content (AvgIpc) is 2.62. The van der Waals surface area contributed by atoms with E-state index in [0.717, 1.165) is 6.42 Å². The van der Waals surface area contributed by atoms with Gasteiger partial charge in [-0.3, -0.25) is 4.99 Å². The third-order valence-electron chi connectivity index (χ3n) is 3.93. The van der Waals surface area contributed by atoms with Gasteiger partial charge in [0.05, 0.1) is 5.54 Å². The lowest BCUT2D eigenvalue weighted by Crippen LogP contribution is -2.41. The molecule has 92 valence electrons. The van der Waals surface area contributed by atoms with Crippen molar-refractivity contribution in [2.45, 2.75) is 70.4 Å². The summed E-state index contributed by atoms with van der Waals surface area (Å²) in [6, 6.07) is 0. The van der Waals surface area contributed by atoms with E-state index >= 15 is 0 Å². The molecule has 2 nitrogen and oxygen atoms in total. The van der Waals surface area contributed by atoms with E-state index in [1.807, 2.05) is 11.8 Å². The number of thioether (sulfide) groups is 1. The van der Waals surface area contributed by atoms with E-state index in [2.05, 4.69) is 26.1 Å². The van der Waals surface area contributed by atoms with Crippen molar-refractivity contribution in [3.8, 4) is 0 Å². The van der Waals surface area contributed by atoms with E-state index in [4.69, 9.17) is 4.99 Å². The molecule has 2 rings (SSSR count). The molecular formula is C13H24N2S. The van der Waals surface area contributed by atoms with Crippen molar-refractivity contribution in [3.05, 3.63) is 0 Å². The number of hydrogen-bond acceptors (Lipinski definition) is 3. The Hall–Kier alpha value is -0.180. The molecule has 1 heterocycles. The Morgan fingerprint density at radius 1 is 1.31 bits per heavy atom. The maximum Gasteiger partial charge on any atom is 0.157 e. The highest BCUT2D eigenvalue weighted by molar-refractivity contribution is 8.14. The molecule has 1 saturated carbocycles. The number of hydrogen-bond donors (Lipinski definition) is 1. The molecule has 0 aromatic rings. The molecule has 0 bridgehead atoms. The van der Waals surface area contributed by atoms with Gasteiger partial charge in [-0.1, -0.05) is 37.9 Å². The molecule has 1 aliphatic carbocycles. The zero-order chi connectivity index (χ0) is 11.6. The van der Waals surface area contributed by atoms with Gasteiger partial charge in [0, 0.05) is 11.3 Å². The van der Waals surface area contributed by atoms with Crippen LogP contribution in [0.4, 0.5) is 0 Å². The highest BCUT2D eigenvalue weighted by Crippen LogP contribution is 2.39. The lowest BCUT2D eigenvalue weighted by atomic mass is 9.84. The van der Waals surface area contributed by atoms with Crippen molar-refractivity contribution >= 4 is 16.9 Å². The van der Waals surface area contributed by atoms with Gasteiger partial charge in [-0.05, 0) is 33.1 Å². The highest BCUT2D eigenvalue weighted by atomic mass is 32.2. The molecule has 2 aliphatic rings. The molecule has 16 heavy (non-hydrogen) atoms. The first kappa shape index (κ1) is 12.3.